The zero-order valence-corrected chi connectivity index (χ0v) is 15.3. The average molecular weight is 374 g/mol. The van der Waals surface area contributed by atoms with E-state index in [1.165, 1.54) is 40.3 Å². The van der Waals surface area contributed by atoms with Crippen LogP contribution in [0.4, 0.5) is 0 Å². The molecule has 0 unspecified atom stereocenters. The first kappa shape index (κ1) is 20.5. The van der Waals surface area contributed by atoms with Crippen LogP contribution in [-0.4, -0.2) is 60.8 Å². The lowest BCUT2D eigenvalue weighted by atomic mass is 10.2. The number of nitrogens with zero attached hydrogens (tertiary/aromatic N) is 1. The highest BCUT2D eigenvalue weighted by molar-refractivity contribution is 7.99. The van der Waals surface area contributed by atoms with Crippen molar-refractivity contribution < 1.29 is 23.1 Å². The maximum absolute atomic E-state index is 12.3. The summed E-state index contributed by atoms with van der Waals surface area (Å²) in [6, 6.07) is 5.77. The fourth-order valence-corrected chi connectivity index (χ4v) is 4.01. The lowest BCUT2D eigenvalue weighted by Crippen LogP contribution is -2.30. The van der Waals surface area contributed by atoms with Crippen molar-refractivity contribution in [2.24, 2.45) is 0 Å². The molecular weight excluding hydrogens is 352 g/mol. The second-order valence-corrected chi connectivity index (χ2v) is 7.86. The van der Waals surface area contributed by atoms with Gasteiger partial charge in [-0.15, -0.1) is 11.8 Å². The van der Waals surface area contributed by atoms with Gasteiger partial charge in [0.15, 0.2) is 0 Å². The predicted molar refractivity (Wildman–Crippen MR) is 93.8 cm³/mol. The van der Waals surface area contributed by atoms with E-state index in [2.05, 4.69) is 5.32 Å². The molecule has 0 aliphatic rings. The molecule has 0 aromatic heterocycles. The summed E-state index contributed by atoms with van der Waals surface area (Å²) in [5.74, 6) is -0.727. The summed E-state index contributed by atoms with van der Waals surface area (Å²) in [6.45, 7) is 4.65. The van der Waals surface area contributed by atoms with Crippen molar-refractivity contribution in [3.63, 3.8) is 0 Å². The van der Waals surface area contributed by atoms with E-state index < -0.39 is 16.0 Å². The number of amides is 1. The number of benzene rings is 1. The zero-order chi connectivity index (χ0) is 18.2. The van der Waals surface area contributed by atoms with E-state index in [-0.39, 0.29) is 16.6 Å². The molecule has 0 saturated carbocycles. The fraction of sp³-hybridized carbons (Fsp3) is 0.467. The maximum atomic E-state index is 12.3. The number of carboxylic acids is 1. The minimum Gasteiger partial charge on any atom is -0.481 e. The molecular formula is C15H22N2O5S2. The Bertz CT molecular complexity index is 655. The van der Waals surface area contributed by atoms with Crippen molar-refractivity contribution >= 4 is 33.7 Å². The Morgan fingerprint density at radius 2 is 1.75 bits per heavy atom. The molecule has 2 N–H and O–H groups in total. The van der Waals surface area contributed by atoms with Gasteiger partial charge in [0.25, 0.3) is 5.91 Å². The first-order valence-electron chi connectivity index (χ1n) is 7.50. The molecule has 0 radical (unpaired) electrons. The summed E-state index contributed by atoms with van der Waals surface area (Å²) >= 11 is 1.21. The molecule has 0 fully saturated rings. The number of hydrogen-bond donors (Lipinski definition) is 2. The van der Waals surface area contributed by atoms with Crippen LogP contribution in [0.15, 0.2) is 29.2 Å². The molecule has 24 heavy (non-hydrogen) atoms. The Morgan fingerprint density at radius 3 is 2.25 bits per heavy atom. The van der Waals surface area contributed by atoms with Gasteiger partial charge in [0.1, 0.15) is 0 Å². The van der Waals surface area contributed by atoms with E-state index in [4.69, 9.17) is 5.11 Å². The minimum absolute atomic E-state index is 0.00617. The third-order valence-electron chi connectivity index (χ3n) is 3.22. The Labute approximate surface area is 146 Å². The van der Waals surface area contributed by atoms with Crippen LogP contribution < -0.4 is 5.32 Å². The Hall–Kier alpha value is -1.58. The molecule has 0 saturated heterocycles. The quantitative estimate of drug-likeness (QED) is 0.598. The first-order chi connectivity index (χ1) is 11.3. The molecule has 1 aromatic rings. The van der Waals surface area contributed by atoms with Crippen molar-refractivity contribution in [3.05, 3.63) is 29.8 Å². The van der Waals surface area contributed by atoms with E-state index in [1.807, 2.05) is 0 Å². The second kappa shape index (κ2) is 9.65. The maximum Gasteiger partial charge on any atom is 0.313 e. The van der Waals surface area contributed by atoms with E-state index >= 15 is 0 Å². The summed E-state index contributed by atoms with van der Waals surface area (Å²) in [5.41, 5.74) is 0.358. The lowest BCUT2D eigenvalue weighted by molar-refractivity contribution is -0.133. The molecule has 0 bridgehead atoms. The van der Waals surface area contributed by atoms with Crippen molar-refractivity contribution in [3.8, 4) is 0 Å². The Balaban J connectivity index is 2.64. The third-order valence-corrected chi connectivity index (χ3v) is 6.23. The zero-order valence-electron chi connectivity index (χ0n) is 13.7. The van der Waals surface area contributed by atoms with Crippen LogP contribution in [0.5, 0.6) is 0 Å². The molecule has 1 amide bonds. The molecule has 9 heteroatoms. The minimum atomic E-state index is -3.53. The molecule has 0 aliphatic heterocycles. The highest BCUT2D eigenvalue weighted by Crippen LogP contribution is 2.16. The number of carbonyl (C=O) groups excluding carboxylic acids is 1. The Morgan fingerprint density at radius 1 is 1.17 bits per heavy atom. The number of carbonyl (C=O) groups is 2. The van der Waals surface area contributed by atoms with Crippen LogP contribution in [0, 0.1) is 0 Å². The number of rotatable bonds is 10. The molecule has 0 atom stereocenters. The number of carboxylic acid groups (broad SMARTS) is 1. The number of aliphatic carboxylic acids is 1. The van der Waals surface area contributed by atoms with Crippen LogP contribution >= 0.6 is 11.8 Å². The predicted octanol–water partition coefficient (Wildman–Crippen LogP) is 1.26. The van der Waals surface area contributed by atoms with Gasteiger partial charge in [0.2, 0.25) is 10.0 Å². The van der Waals surface area contributed by atoms with Gasteiger partial charge in [-0.3, -0.25) is 9.59 Å². The molecule has 7 nitrogen and oxygen atoms in total. The van der Waals surface area contributed by atoms with Gasteiger partial charge in [-0.2, -0.15) is 4.31 Å². The monoisotopic (exact) mass is 374 g/mol. The molecule has 1 aromatic carbocycles. The van der Waals surface area contributed by atoms with Crippen LogP contribution in [0.3, 0.4) is 0 Å². The first-order valence-corrected chi connectivity index (χ1v) is 10.1. The van der Waals surface area contributed by atoms with Gasteiger partial charge in [-0.05, 0) is 24.3 Å². The Kier molecular flexibility index (Phi) is 8.23. The van der Waals surface area contributed by atoms with Crippen molar-refractivity contribution in [1.82, 2.24) is 9.62 Å². The van der Waals surface area contributed by atoms with Crippen LogP contribution in [0.2, 0.25) is 0 Å². The van der Waals surface area contributed by atoms with Crippen molar-refractivity contribution in [2.75, 3.05) is 31.1 Å². The summed E-state index contributed by atoms with van der Waals surface area (Å²) in [5, 5.41) is 11.2. The largest absolute Gasteiger partial charge is 0.481 e. The third kappa shape index (κ3) is 5.81. The normalized spacial score (nSPS) is 11.5. The number of hydrogen-bond acceptors (Lipinski definition) is 5. The van der Waals surface area contributed by atoms with Gasteiger partial charge in [-0.25, -0.2) is 8.42 Å². The highest BCUT2D eigenvalue weighted by atomic mass is 32.2. The van der Waals surface area contributed by atoms with Gasteiger partial charge >= 0.3 is 5.97 Å². The molecule has 0 heterocycles. The van der Waals surface area contributed by atoms with E-state index in [0.717, 1.165) is 0 Å². The topological polar surface area (TPSA) is 104 Å². The molecule has 134 valence electrons. The average Bonchev–Trinajstić information content (AvgIpc) is 2.55. The molecule has 0 aliphatic carbocycles. The van der Waals surface area contributed by atoms with Crippen molar-refractivity contribution in [1.29, 1.82) is 0 Å². The second-order valence-electron chi connectivity index (χ2n) is 4.82. The van der Waals surface area contributed by atoms with E-state index in [1.54, 1.807) is 13.8 Å². The summed E-state index contributed by atoms with van der Waals surface area (Å²) in [4.78, 5) is 22.5. The number of sulfonamides is 1. The van der Waals surface area contributed by atoms with Gasteiger partial charge in [-0.1, -0.05) is 13.8 Å². The van der Waals surface area contributed by atoms with Crippen LogP contribution in [-0.2, 0) is 14.8 Å². The number of nitrogens with one attached hydrogen (secondary N) is 1. The summed E-state index contributed by atoms with van der Waals surface area (Å²) in [6.07, 6.45) is 0. The van der Waals surface area contributed by atoms with Gasteiger partial charge < -0.3 is 10.4 Å². The fourth-order valence-electron chi connectivity index (χ4n) is 1.99. The number of thioether (sulfide) groups is 1. The van der Waals surface area contributed by atoms with Gasteiger partial charge in [0.05, 0.1) is 10.6 Å². The van der Waals surface area contributed by atoms with Crippen molar-refractivity contribution in [2.45, 2.75) is 18.7 Å². The van der Waals surface area contributed by atoms with Crippen LogP contribution in [0.25, 0.3) is 0 Å². The smallest absolute Gasteiger partial charge is 0.313 e. The van der Waals surface area contributed by atoms with Crippen LogP contribution in [0.1, 0.15) is 24.2 Å². The molecule has 1 rings (SSSR count). The standard InChI is InChI=1S/C15H22N2O5S2/c1-3-17(4-2)24(21,22)13-7-5-12(6-8-13)15(20)16-9-10-23-11-14(18)19/h5-8H,3-4,9-11H2,1-2H3,(H,16,20)(H,18,19). The molecule has 0 spiro atoms. The summed E-state index contributed by atoms with van der Waals surface area (Å²) < 4.78 is 26.0. The van der Waals surface area contributed by atoms with Gasteiger partial charge in [0, 0.05) is 31.0 Å². The lowest BCUT2D eigenvalue weighted by Gasteiger charge is -2.18. The highest BCUT2D eigenvalue weighted by Gasteiger charge is 2.21. The van der Waals surface area contributed by atoms with E-state index in [9.17, 15) is 18.0 Å². The summed E-state index contributed by atoms with van der Waals surface area (Å²) in [7, 11) is -3.53. The SMILES string of the molecule is CCN(CC)S(=O)(=O)c1ccc(C(=O)NCCSCC(=O)O)cc1. The van der Waals surface area contributed by atoms with E-state index in [0.29, 0.717) is 31.0 Å².